The van der Waals surface area contributed by atoms with Crippen LogP contribution in [0.2, 0.25) is 0 Å². The molecule has 17 heavy (non-hydrogen) atoms. The molecule has 0 aromatic heterocycles. The van der Waals surface area contributed by atoms with E-state index in [9.17, 15) is 14.7 Å². The van der Waals surface area contributed by atoms with Crippen LogP contribution in [0.1, 0.15) is 20.8 Å². The van der Waals surface area contributed by atoms with Gasteiger partial charge in [0.2, 0.25) is 5.91 Å². The summed E-state index contributed by atoms with van der Waals surface area (Å²) < 4.78 is 0. The molecule has 0 aromatic rings. The summed E-state index contributed by atoms with van der Waals surface area (Å²) in [5.41, 5.74) is 4.05. The first-order valence-electron chi connectivity index (χ1n) is 5.80. The molecule has 0 aromatic carbocycles. The highest BCUT2D eigenvalue weighted by molar-refractivity contribution is 5.83. The van der Waals surface area contributed by atoms with Crippen molar-refractivity contribution in [2.75, 3.05) is 19.6 Å². The molecule has 1 heterocycles. The Labute approximate surface area is 101 Å². The molecule has 2 unspecified atom stereocenters. The van der Waals surface area contributed by atoms with Crippen molar-refractivity contribution in [2.45, 2.75) is 26.4 Å². The van der Waals surface area contributed by atoms with Gasteiger partial charge in [-0.25, -0.2) is 4.79 Å². The molecule has 4 N–H and O–H groups in total. The van der Waals surface area contributed by atoms with E-state index in [1.54, 1.807) is 4.90 Å². The van der Waals surface area contributed by atoms with Gasteiger partial charge in [-0.3, -0.25) is 4.79 Å². The fraction of sp³-hybridized carbons (Fsp3) is 0.818. The van der Waals surface area contributed by atoms with Crippen molar-refractivity contribution in [3.8, 4) is 0 Å². The lowest BCUT2D eigenvalue weighted by Gasteiger charge is -2.30. The lowest BCUT2D eigenvalue weighted by atomic mass is 9.82. The maximum atomic E-state index is 11.8. The molecular weight excluding hydrogens is 222 g/mol. The van der Waals surface area contributed by atoms with Gasteiger partial charge in [-0.2, -0.15) is 0 Å². The van der Waals surface area contributed by atoms with E-state index in [2.05, 4.69) is 5.32 Å². The molecule has 6 nitrogen and oxygen atoms in total. The predicted molar refractivity (Wildman–Crippen MR) is 63.1 cm³/mol. The first kappa shape index (κ1) is 13.8. The van der Waals surface area contributed by atoms with Gasteiger partial charge in [0.1, 0.15) is 0 Å². The Bertz CT molecular complexity index is 319. The third-order valence-electron chi connectivity index (χ3n) is 3.56. The molecule has 1 aliphatic rings. The quantitative estimate of drug-likeness (QED) is 0.624. The molecule has 0 bridgehead atoms. The Morgan fingerprint density at radius 1 is 1.59 bits per heavy atom. The summed E-state index contributed by atoms with van der Waals surface area (Å²) in [5, 5.41) is 12.7. The Morgan fingerprint density at radius 2 is 2.18 bits per heavy atom. The third kappa shape index (κ3) is 2.88. The fourth-order valence-electron chi connectivity index (χ4n) is 2.23. The van der Waals surface area contributed by atoms with E-state index < -0.39 is 11.6 Å². The number of urea groups is 1. The molecular formula is C11H21N3O3. The number of hydrogen-bond acceptors (Lipinski definition) is 3. The lowest BCUT2D eigenvalue weighted by molar-refractivity contribution is -0.130. The lowest BCUT2D eigenvalue weighted by Crippen LogP contribution is -2.45. The number of carbonyl (C=O) groups is 2. The second-order valence-electron chi connectivity index (χ2n) is 5.04. The van der Waals surface area contributed by atoms with Gasteiger partial charge in [0, 0.05) is 12.5 Å². The van der Waals surface area contributed by atoms with Crippen LogP contribution < -0.4 is 11.1 Å². The molecule has 2 atom stereocenters. The van der Waals surface area contributed by atoms with Gasteiger partial charge < -0.3 is 21.1 Å². The monoisotopic (exact) mass is 243 g/mol. The smallest absolute Gasteiger partial charge is 0.312 e. The predicted octanol–water partition coefficient (Wildman–Crippen LogP) is -0.480. The number of hydrogen-bond donors (Lipinski definition) is 3. The number of carbonyl (C=O) groups excluding carboxylic acids is 2. The van der Waals surface area contributed by atoms with E-state index in [1.165, 1.54) is 0 Å². The van der Waals surface area contributed by atoms with Crippen LogP contribution in [0.25, 0.3) is 0 Å². The van der Waals surface area contributed by atoms with E-state index in [0.717, 1.165) is 0 Å². The van der Waals surface area contributed by atoms with Gasteiger partial charge in [0.25, 0.3) is 0 Å². The van der Waals surface area contributed by atoms with Crippen LogP contribution in [0.15, 0.2) is 0 Å². The zero-order chi connectivity index (χ0) is 13.2. The van der Waals surface area contributed by atoms with Crippen molar-refractivity contribution >= 4 is 11.9 Å². The Balaban J connectivity index is 2.59. The number of likely N-dealkylation sites (tertiary alicyclic amines) is 1. The van der Waals surface area contributed by atoms with Crippen LogP contribution in [-0.2, 0) is 4.79 Å². The molecule has 0 aliphatic carbocycles. The van der Waals surface area contributed by atoms with Crippen molar-refractivity contribution in [3.05, 3.63) is 0 Å². The van der Waals surface area contributed by atoms with Gasteiger partial charge in [0.05, 0.1) is 18.7 Å². The average molecular weight is 243 g/mol. The molecule has 1 aliphatic heterocycles. The van der Waals surface area contributed by atoms with Crippen LogP contribution in [0, 0.1) is 11.8 Å². The topological polar surface area (TPSA) is 95.7 Å². The summed E-state index contributed by atoms with van der Waals surface area (Å²) in [7, 11) is 0. The van der Waals surface area contributed by atoms with Crippen molar-refractivity contribution in [1.29, 1.82) is 0 Å². The van der Waals surface area contributed by atoms with Gasteiger partial charge >= 0.3 is 6.03 Å². The van der Waals surface area contributed by atoms with E-state index >= 15 is 0 Å². The summed E-state index contributed by atoms with van der Waals surface area (Å²) in [5.74, 6) is -0.105. The minimum atomic E-state index is -0.845. The highest BCUT2D eigenvalue weighted by Gasteiger charge is 2.46. The molecule has 1 rings (SSSR count). The molecule has 1 fully saturated rings. The highest BCUT2D eigenvalue weighted by atomic mass is 16.3. The highest BCUT2D eigenvalue weighted by Crippen LogP contribution is 2.33. The van der Waals surface area contributed by atoms with Crippen LogP contribution >= 0.6 is 0 Å². The van der Waals surface area contributed by atoms with Crippen molar-refractivity contribution in [1.82, 2.24) is 10.2 Å². The first-order valence-corrected chi connectivity index (χ1v) is 5.80. The van der Waals surface area contributed by atoms with Crippen molar-refractivity contribution < 1.29 is 14.7 Å². The van der Waals surface area contributed by atoms with Gasteiger partial charge in [0.15, 0.2) is 0 Å². The van der Waals surface area contributed by atoms with Crippen molar-refractivity contribution in [3.63, 3.8) is 0 Å². The Kier molecular flexibility index (Phi) is 3.98. The van der Waals surface area contributed by atoms with Gasteiger partial charge in [-0.1, -0.05) is 20.8 Å². The summed E-state index contributed by atoms with van der Waals surface area (Å²) in [4.78, 5) is 23.8. The molecule has 98 valence electrons. The number of primary amides is 1. The van der Waals surface area contributed by atoms with E-state index in [4.69, 9.17) is 5.73 Å². The van der Waals surface area contributed by atoms with Crippen LogP contribution in [0.3, 0.4) is 0 Å². The molecule has 1 saturated heterocycles. The van der Waals surface area contributed by atoms with E-state index in [0.29, 0.717) is 13.1 Å². The van der Waals surface area contributed by atoms with Crippen LogP contribution in [0.5, 0.6) is 0 Å². The van der Waals surface area contributed by atoms with Crippen LogP contribution in [-0.4, -0.2) is 47.2 Å². The Morgan fingerprint density at radius 3 is 2.59 bits per heavy atom. The summed E-state index contributed by atoms with van der Waals surface area (Å²) >= 11 is 0. The molecule has 6 heteroatoms. The maximum Gasteiger partial charge on any atom is 0.312 e. The molecule has 0 saturated carbocycles. The second kappa shape index (κ2) is 4.91. The zero-order valence-corrected chi connectivity index (χ0v) is 10.6. The van der Waals surface area contributed by atoms with E-state index in [1.807, 2.05) is 20.8 Å². The fourth-order valence-corrected chi connectivity index (χ4v) is 2.23. The SMILES string of the molecule is CC(C)C1(O)CN(C(=O)CNC(N)=O)CC1C. The zero-order valence-electron chi connectivity index (χ0n) is 10.6. The second-order valence-corrected chi connectivity index (χ2v) is 5.04. The largest absolute Gasteiger partial charge is 0.387 e. The number of aliphatic hydroxyl groups is 1. The number of nitrogens with two attached hydrogens (primary N) is 1. The van der Waals surface area contributed by atoms with Crippen molar-refractivity contribution in [2.24, 2.45) is 17.6 Å². The molecule has 3 amide bonds. The maximum absolute atomic E-state index is 11.8. The van der Waals surface area contributed by atoms with E-state index in [-0.39, 0.29) is 24.3 Å². The van der Waals surface area contributed by atoms with Gasteiger partial charge in [-0.05, 0) is 5.92 Å². The number of nitrogens with zero attached hydrogens (tertiary/aromatic N) is 1. The Hall–Kier alpha value is -1.30. The summed E-state index contributed by atoms with van der Waals surface area (Å²) in [6.45, 7) is 6.50. The number of β-amino-alcohol motifs (C(OH)–C–C–N with tert-alkyl or cyclic N) is 1. The number of nitrogens with one attached hydrogen (secondary N) is 1. The molecule has 0 radical (unpaired) electrons. The molecule has 0 spiro atoms. The normalized spacial score (nSPS) is 28.5. The minimum absolute atomic E-state index is 0.0278. The summed E-state index contributed by atoms with van der Waals surface area (Å²) in [6, 6.07) is -0.718. The standard InChI is InChI=1S/C11H21N3O3/c1-7(2)11(17)6-14(5-8(11)3)9(15)4-13-10(12)16/h7-8,17H,4-6H2,1-3H3,(H3,12,13,16). The minimum Gasteiger partial charge on any atom is -0.387 e. The number of rotatable bonds is 3. The van der Waals surface area contributed by atoms with Gasteiger partial charge in [-0.15, -0.1) is 0 Å². The average Bonchev–Trinajstić information content (AvgIpc) is 2.53. The summed E-state index contributed by atoms with van der Waals surface area (Å²) in [6.07, 6.45) is 0. The van der Waals surface area contributed by atoms with Crippen LogP contribution in [0.4, 0.5) is 4.79 Å². The third-order valence-corrected chi connectivity index (χ3v) is 3.56. The number of amides is 3. The first-order chi connectivity index (χ1) is 7.77.